The molecule has 0 saturated heterocycles. The molecule has 1 aromatic heterocycles. The average Bonchev–Trinajstić information content (AvgIpc) is 2.51. The first-order chi connectivity index (χ1) is 6.33. The van der Waals surface area contributed by atoms with Gasteiger partial charge in [0.2, 0.25) is 0 Å². The fourth-order valence-corrected chi connectivity index (χ4v) is 1.30. The molecule has 0 aliphatic carbocycles. The van der Waals surface area contributed by atoms with Gasteiger partial charge in [0, 0.05) is 0 Å². The van der Waals surface area contributed by atoms with Gasteiger partial charge in [-0.3, -0.25) is 4.85 Å². The van der Waals surface area contributed by atoms with Crippen molar-refractivity contribution >= 4 is 11.0 Å². The number of aromatic nitrogens is 3. The van der Waals surface area contributed by atoms with Crippen LogP contribution in [0.25, 0.3) is 15.9 Å². The average molecular weight is 172 g/mol. The van der Waals surface area contributed by atoms with Crippen molar-refractivity contribution in [3.63, 3.8) is 0 Å². The summed E-state index contributed by atoms with van der Waals surface area (Å²) in [4.78, 5) is 3.27. The van der Waals surface area contributed by atoms with E-state index in [0.29, 0.717) is 0 Å². The molecule has 0 fully saturated rings. The maximum atomic E-state index is 6.74. The Morgan fingerprint density at radius 1 is 1.54 bits per heavy atom. The lowest BCUT2D eigenvalue weighted by atomic mass is 10.2. The van der Waals surface area contributed by atoms with Crippen LogP contribution in [0.2, 0.25) is 0 Å². The Balaban J connectivity index is 2.70. The minimum Gasteiger partial charge on any atom is -0.291 e. The maximum Gasteiger partial charge on any atom is 0.309 e. The van der Waals surface area contributed by atoms with E-state index in [-0.39, 0.29) is 6.67 Å². The van der Waals surface area contributed by atoms with Gasteiger partial charge in [0.15, 0.2) is 0 Å². The summed E-state index contributed by atoms with van der Waals surface area (Å²) >= 11 is 0. The van der Waals surface area contributed by atoms with E-state index in [1.807, 2.05) is 25.1 Å². The van der Waals surface area contributed by atoms with Crippen LogP contribution >= 0.6 is 0 Å². The quantitative estimate of drug-likeness (QED) is 0.612. The number of hydrogen-bond acceptors (Lipinski definition) is 2. The zero-order valence-electron chi connectivity index (χ0n) is 7.23. The van der Waals surface area contributed by atoms with Crippen LogP contribution in [0.5, 0.6) is 0 Å². The molecule has 13 heavy (non-hydrogen) atoms. The minimum absolute atomic E-state index is 0.236. The summed E-state index contributed by atoms with van der Waals surface area (Å²) in [7, 11) is 0. The molecule has 1 heterocycles. The van der Waals surface area contributed by atoms with E-state index < -0.39 is 0 Å². The molecule has 4 nitrogen and oxygen atoms in total. The van der Waals surface area contributed by atoms with Crippen LogP contribution in [-0.4, -0.2) is 15.0 Å². The predicted octanol–water partition coefficient (Wildman–Crippen LogP) is 1.62. The van der Waals surface area contributed by atoms with Gasteiger partial charge in [-0.25, -0.2) is 6.57 Å². The Morgan fingerprint density at radius 3 is 3.15 bits per heavy atom. The Hall–Kier alpha value is -1.89. The summed E-state index contributed by atoms with van der Waals surface area (Å²) in [5.41, 5.74) is 2.90. The molecule has 0 unspecified atom stereocenters. The van der Waals surface area contributed by atoms with Gasteiger partial charge >= 0.3 is 6.67 Å². The second-order valence-corrected chi connectivity index (χ2v) is 2.83. The van der Waals surface area contributed by atoms with E-state index >= 15 is 0 Å². The van der Waals surface area contributed by atoms with Gasteiger partial charge in [0.1, 0.15) is 5.52 Å². The van der Waals surface area contributed by atoms with Gasteiger partial charge in [-0.1, -0.05) is 17.3 Å². The van der Waals surface area contributed by atoms with Crippen molar-refractivity contribution in [2.45, 2.75) is 13.6 Å². The molecule has 0 aliphatic rings. The summed E-state index contributed by atoms with van der Waals surface area (Å²) < 4.78 is 1.61. The highest BCUT2D eigenvalue weighted by molar-refractivity contribution is 5.77. The molecular weight excluding hydrogens is 164 g/mol. The van der Waals surface area contributed by atoms with Crippen LogP contribution in [0.15, 0.2) is 18.2 Å². The van der Waals surface area contributed by atoms with E-state index in [4.69, 9.17) is 6.57 Å². The molecular formula is C9H8N4. The highest BCUT2D eigenvalue weighted by Gasteiger charge is 2.06. The van der Waals surface area contributed by atoms with Crippen LogP contribution in [0.1, 0.15) is 5.56 Å². The lowest BCUT2D eigenvalue weighted by Crippen LogP contribution is -1.95. The largest absolute Gasteiger partial charge is 0.309 e. The van der Waals surface area contributed by atoms with Crippen molar-refractivity contribution in [2.75, 3.05) is 0 Å². The first-order valence-corrected chi connectivity index (χ1v) is 3.95. The topological polar surface area (TPSA) is 35.1 Å². The van der Waals surface area contributed by atoms with Crippen LogP contribution in [-0.2, 0) is 6.67 Å². The van der Waals surface area contributed by atoms with Crippen LogP contribution in [0.4, 0.5) is 0 Å². The summed E-state index contributed by atoms with van der Waals surface area (Å²) in [5, 5.41) is 7.91. The van der Waals surface area contributed by atoms with E-state index in [1.54, 1.807) is 4.68 Å². The summed E-state index contributed by atoms with van der Waals surface area (Å²) in [6.45, 7) is 8.97. The first kappa shape index (κ1) is 7.74. The smallest absolute Gasteiger partial charge is 0.291 e. The number of nitrogens with zero attached hydrogens (tertiary/aromatic N) is 4. The first-order valence-electron chi connectivity index (χ1n) is 3.95. The minimum atomic E-state index is 0.236. The van der Waals surface area contributed by atoms with E-state index in [9.17, 15) is 0 Å². The molecule has 0 saturated carbocycles. The molecule has 64 valence electrons. The molecule has 0 spiro atoms. The fraction of sp³-hybridized carbons (Fsp3) is 0.222. The fourth-order valence-electron chi connectivity index (χ4n) is 1.30. The number of rotatable bonds is 1. The number of benzene rings is 1. The van der Waals surface area contributed by atoms with Crippen molar-refractivity contribution in [1.82, 2.24) is 15.0 Å². The van der Waals surface area contributed by atoms with Crippen LogP contribution in [0.3, 0.4) is 0 Å². The Labute approximate surface area is 75.6 Å². The highest BCUT2D eigenvalue weighted by Crippen LogP contribution is 2.14. The van der Waals surface area contributed by atoms with Crippen LogP contribution in [0, 0.1) is 13.5 Å². The molecule has 0 atom stereocenters. The van der Waals surface area contributed by atoms with Crippen molar-refractivity contribution in [2.24, 2.45) is 0 Å². The van der Waals surface area contributed by atoms with Gasteiger partial charge in [0.05, 0.1) is 5.52 Å². The summed E-state index contributed by atoms with van der Waals surface area (Å²) in [6, 6.07) is 5.86. The van der Waals surface area contributed by atoms with Gasteiger partial charge in [-0.15, -0.1) is 5.10 Å². The van der Waals surface area contributed by atoms with E-state index in [1.165, 1.54) is 0 Å². The van der Waals surface area contributed by atoms with Crippen molar-refractivity contribution < 1.29 is 0 Å². The van der Waals surface area contributed by atoms with E-state index in [2.05, 4.69) is 15.2 Å². The van der Waals surface area contributed by atoms with Crippen molar-refractivity contribution in [1.29, 1.82) is 0 Å². The maximum absolute atomic E-state index is 6.74. The third-order valence-electron chi connectivity index (χ3n) is 1.95. The van der Waals surface area contributed by atoms with E-state index in [0.717, 1.165) is 16.6 Å². The zero-order valence-corrected chi connectivity index (χ0v) is 7.23. The molecule has 0 amide bonds. The lowest BCUT2D eigenvalue weighted by Gasteiger charge is -1.93. The molecule has 1 aromatic carbocycles. The Bertz CT molecular complexity index is 478. The number of aryl methyl sites for hydroxylation is 1. The molecule has 2 aromatic rings. The van der Waals surface area contributed by atoms with Crippen LogP contribution < -0.4 is 0 Å². The predicted molar refractivity (Wildman–Crippen MR) is 48.9 cm³/mol. The monoisotopic (exact) mass is 172 g/mol. The summed E-state index contributed by atoms with van der Waals surface area (Å²) in [6.07, 6.45) is 0. The van der Waals surface area contributed by atoms with Gasteiger partial charge in [-0.05, 0) is 18.6 Å². The molecule has 0 N–H and O–H groups in total. The SMILES string of the molecule is [C-]#[N+]Cn1nnc2c(C)cccc21. The molecule has 0 bridgehead atoms. The molecule has 0 radical (unpaired) electrons. The Morgan fingerprint density at radius 2 is 2.38 bits per heavy atom. The molecule has 4 heteroatoms. The third kappa shape index (κ3) is 1.14. The normalized spacial score (nSPS) is 10.2. The van der Waals surface area contributed by atoms with Gasteiger partial charge in [-0.2, -0.15) is 4.68 Å². The van der Waals surface area contributed by atoms with Gasteiger partial charge in [0.25, 0.3) is 0 Å². The van der Waals surface area contributed by atoms with Gasteiger partial charge < -0.3 is 0 Å². The molecule has 0 aliphatic heterocycles. The van der Waals surface area contributed by atoms with Crippen molar-refractivity contribution in [3.8, 4) is 0 Å². The number of hydrogen-bond donors (Lipinski definition) is 0. The van der Waals surface area contributed by atoms with Crippen molar-refractivity contribution in [3.05, 3.63) is 35.2 Å². The number of fused-ring (bicyclic) bond motifs is 1. The summed E-state index contributed by atoms with van der Waals surface area (Å²) in [5.74, 6) is 0. The second-order valence-electron chi connectivity index (χ2n) is 2.83. The third-order valence-corrected chi connectivity index (χ3v) is 1.95. The standard InChI is InChI=1S/C9H8N4/c1-7-4-3-5-8-9(7)11-12-13(8)6-10-2/h3-5H,6H2,1H3. The zero-order chi connectivity index (χ0) is 9.26. The second kappa shape index (κ2) is 2.87. The Kier molecular flexibility index (Phi) is 1.71. The highest BCUT2D eigenvalue weighted by atomic mass is 15.4. The molecule has 2 rings (SSSR count). The lowest BCUT2D eigenvalue weighted by molar-refractivity contribution is 0.680.